The van der Waals surface area contributed by atoms with Crippen LogP contribution in [0, 0.1) is 0 Å². The van der Waals surface area contributed by atoms with Crippen LogP contribution in [0.2, 0.25) is 10.0 Å². The predicted octanol–water partition coefficient (Wildman–Crippen LogP) is 8.09. The zero-order valence-electron chi connectivity index (χ0n) is 19.9. The molecule has 0 radical (unpaired) electrons. The molecule has 0 saturated carbocycles. The third-order valence-electron chi connectivity index (χ3n) is 6.01. The molecule has 2 heterocycles. The molecule has 37 heavy (non-hydrogen) atoms. The molecule has 1 N–H and O–H groups in total. The van der Waals surface area contributed by atoms with Crippen molar-refractivity contribution in [1.29, 1.82) is 0 Å². The Morgan fingerprint density at radius 1 is 0.973 bits per heavy atom. The Morgan fingerprint density at radius 2 is 1.70 bits per heavy atom. The molecule has 5 rings (SSSR count). The lowest BCUT2D eigenvalue weighted by Crippen LogP contribution is -2.01. The van der Waals surface area contributed by atoms with Gasteiger partial charge in [0.2, 0.25) is 0 Å². The summed E-state index contributed by atoms with van der Waals surface area (Å²) in [5.74, 6) is 0.375. The minimum atomic E-state index is -1.06. The van der Waals surface area contributed by atoms with Crippen molar-refractivity contribution in [3.8, 4) is 28.3 Å². The number of rotatable bonds is 8. The van der Waals surface area contributed by atoms with E-state index in [0.29, 0.717) is 39.2 Å². The SMILES string of the molecule is CCCc1onc(-c2c(Cl)cccc2Cl)c1COc1ccc2cc(-c3cccc(C(=O)O)n3)ccc2c1. The maximum atomic E-state index is 11.3. The van der Waals surface area contributed by atoms with Crippen molar-refractivity contribution >= 4 is 39.9 Å². The second-order valence-electron chi connectivity index (χ2n) is 8.51. The molecule has 0 aliphatic carbocycles. The fourth-order valence-corrected chi connectivity index (χ4v) is 4.76. The average Bonchev–Trinajstić information content (AvgIpc) is 3.29. The number of ether oxygens (including phenoxy) is 1. The Morgan fingerprint density at radius 3 is 2.46 bits per heavy atom. The molecule has 186 valence electrons. The van der Waals surface area contributed by atoms with E-state index >= 15 is 0 Å². The summed E-state index contributed by atoms with van der Waals surface area (Å²) in [6.07, 6.45) is 1.60. The van der Waals surface area contributed by atoms with Gasteiger partial charge in [-0.2, -0.15) is 0 Å². The first-order chi connectivity index (χ1) is 17.9. The summed E-state index contributed by atoms with van der Waals surface area (Å²) in [6.45, 7) is 2.31. The van der Waals surface area contributed by atoms with E-state index in [9.17, 15) is 9.90 Å². The van der Waals surface area contributed by atoms with Gasteiger partial charge in [-0.1, -0.05) is 65.6 Å². The van der Waals surface area contributed by atoms with Gasteiger partial charge in [0.15, 0.2) is 0 Å². The first kappa shape index (κ1) is 24.8. The highest BCUT2D eigenvalue weighted by Gasteiger charge is 2.22. The number of carboxylic acid groups (broad SMARTS) is 1. The molecule has 0 saturated heterocycles. The van der Waals surface area contributed by atoms with Crippen LogP contribution in [-0.4, -0.2) is 21.2 Å². The summed E-state index contributed by atoms with van der Waals surface area (Å²) in [5, 5.41) is 16.5. The van der Waals surface area contributed by atoms with Crippen LogP contribution in [0.1, 0.15) is 35.2 Å². The first-order valence-corrected chi connectivity index (χ1v) is 12.5. The summed E-state index contributed by atoms with van der Waals surface area (Å²) in [4.78, 5) is 15.5. The van der Waals surface area contributed by atoms with Crippen LogP contribution in [0.15, 0.2) is 77.3 Å². The lowest BCUT2D eigenvalue weighted by atomic mass is 10.0. The third kappa shape index (κ3) is 5.17. The van der Waals surface area contributed by atoms with E-state index < -0.39 is 5.97 Å². The highest BCUT2D eigenvalue weighted by atomic mass is 35.5. The number of carboxylic acids is 1. The first-order valence-electron chi connectivity index (χ1n) is 11.7. The summed E-state index contributed by atoms with van der Waals surface area (Å²) >= 11 is 12.9. The third-order valence-corrected chi connectivity index (χ3v) is 6.63. The second kappa shape index (κ2) is 10.6. The maximum absolute atomic E-state index is 11.3. The van der Waals surface area contributed by atoms with Crippen molar-refractivity contribution < 1.29 is 19.2 Å². The van der Waals surface area contributed by atoms with Crippen molar-refractivity contribution in [3.63, 3.8) is 0 Å². The molecule has 3 aromatic carbocycles. The Bertz CT molecular complexity index is 1590. The Hall–Kier alpha value is -3.87. The molecule has 6 nitrogen and oxygen atoms in total. The predicted molar refractivity (Wildman–Crippen MR) is 144 cm³/mol. The summed E-state index contributed by atoms with van der Waals surface area (Å²) in [5.41, 5.74) is 3.47. The number of benzene rings is 3. The largest absolute Gasteiger partial charge is 0.489 e. The normalized spacial score (nSPS) is 11.1. The smallest absolute Gasteiger partial charge is 0.354 e. The summed E-state index contributed by atoms with van der Waals surface area (Å²) in [7, 11) is 0. The van der Waals surface area contributed by atoms with E-state index in [0.717, 1.165) is 34.1 Å². The highest BCUT2D eigenvalue weighted by Crippen LogP contribution is 2.38. The summed E-state index contributed by atoms with van der Waals surface area (Å²) in [6, 6.07) is 21.9. The number of aromatic carboxylic acids is 1. The summed E-state index contributed by atoms with van der Waals surface area (Å²) < 4.78 is 11.8. The van der Waals surface area contributed by atoms with Crippen LogP contribution in [0.25, 0.3) is 33.3 Å². The minimum Gasteiger partial charge on any atom is -0.489 e. The van der Waals surface area contributed by atoms with Gasteiger partial charge in [-0.3, -0.25) is 0 Å². The number of hydrogen-bond donors (Lipinski definition) is 1. The van der Waals surface area contributed by atoms with Crippen molar-refractivity contribution in [2.45, 2.75) is 26.4 Å². The van der Waals surface area contributed by atoms with Gasteiger partial charge in [0.25, 0.3) is 0 Å². The number of hydrogen-bond acceptors (Lipinski definition) is 5. The molecule has 8 heteroatoms. The van der Waals surface area contributed by atoms with Gasteiger partial charge in [-0.05, 0) is 59.7 Å². The standard InChI is InChI=1S/C29H22Cl2N2O4/c1-2-5-26-21(28(33-37-26)27-22(30)6-3-7-23(27)31)16-36-20-13-12-17-14-19(11-10-18(17)15-20)24-8-4-9-25(32-24)29(34)35/h3-4,6-15H,2,5,16H2,1H3,(H,34,35). The number of aromatic nitrogens is 2. The van der Waals surface area contributed by atoms with Crippen LogP contribution in [0.5, 0.6) is 5.75 Å². The number of nitrogens with zero attached hydrogens (tertiary/aromatic N) is 2. The highest BCUT2D eigenvalue weighted by molar-refractivity contribution is 6.39. The molecule has 0 fully saturated rings. The molecule has 0 spiro atoms. The van der Waals surface area contributed by atoms with Gasteiger partial charge >= 0.3 is 5.97 Å². The maximum Gasteiger partial charge on any atom is 0.354 e. The number of fused-ring (bicyclic) bond motifs is 1. The number of carbonyl (C=O) groups is 1. The molecule has 0 bridgehead atoms. The van der Waals surface area contributed by atoms with Crippen LogP contribution >= 0.6 is 23.2 Å². The Kier molecular flexibility index (Phi) is 7.12. The second-order valence-corrected chi connectivity index (χ2v) is 9.32. The molecular weight excluding hydrogens is 511 g/mol. The molecule has 0 unspecified atom stereocenters. The topological polar surface area (TPSA) is 85.5 Å². The number of pyridine rings is 1. The molecule has 0 aliphatic rings. The Balaban J connectivity index is 1.42. The minimum absolute atomic E-state index is 0.00923. The van der Waals surface area contributed by atoms with E-state index in [-0.39, 0.29) is 12.3 Å². The van der Waals surface area contributed by atoms with Crippen molar-refractivity contribution in [3.05, 3.63) is 99.9 Å². The Labute approximate surface area is 223 Å². The van der Waals surface area contributed by atoms with Gasteiger partial charge in [-0.25, -0.2) is 9.78 Å². The van der Waals surface area contributed by atoms with Crippen LogP contribution in [0.3, 0.4) is 0 Å². The molecule has 5 aromatic rings. The van der Waals surface area contributed by atoms with E-state index in [2.05, 4.69) is 17.1 Å². The lowest BCUT2D eigenvalue weighted by Gasteiger charge is -2.11. The fourth-order valence-electron chi connectivity index (χ4n) is 4.18. The number of halogens is 2. The average molecular weight is 533 g/mol. The van der Waals surface area contributed by atoms with Gasteiger partial charge in [0.05, 0.1) is 21.3 Å². The quantitative estimate of drug-likeness (QED) is 0.217. The fraction of sp³-hybridized carbons (Fsp3) is 0.138. The van der Waals surface area contributed by atoms with Crippen molar-refractivity contribution in [2.75, 3.05) is 0 Å². The van der Waals surface area contributed by atoms with E-state index in [1.54, 1.807) is 30.3 Å². The monoisotopic (exact) mass is 532 g/mol. The zero-order valence-corrected chi connectivity index (χ0v) is 21.4. The van der Waals surface area contributed by atoms with Gasteiger partial charge in [-0.15, -0.1) is 0 Å². The zero-order chi connectivity index (χ0) is 25.9. The number of aryl methyl sites for hydroxylation is 1. The molecular formula is C29H22Cl2N2O4. The van der Waals surface area contributed by atoms with Crippen LogP contribution < -0.4 is 4.74 Å². The van der Waals surface area contributed by atoms with Gasteiger partial charge in [0.1, 0.15) is 29.5 Å². The van der Waals surface area contributed by atoms with Crippen LogP contribution in [-0.2, 0) is 13.0 Å². The van der Waals surface area contributed by atoms with Gasteiger partial charge in [0, 0.05) is 17.5 Å². The van der Waals surface area contributed by atoms with Crippen molar-refractivity contribution in [2.24, 2.45) is 0 Å². The van der Waals surface area contributed by atoms with E-state index in [1.807, 2.05) is 36.4 Å². The van der Waals surface area contributed by atoms with Gasteiger partial charge < -0.3 is 14.4 Å². The van der Waals surface area contributed by atoms with E-state index in [1.165, 1.54) is 6.07 Å². The molecule has 0 amide bonds. The molecule has 0 atom stereocenters. The van der Waals surface area contributed by atoms with Crippen molar-refractivity contribution in [1.82, 2.24) is 10.1 Å². The molecule has 0 aliphatic heterocycles. The molecule has 2 aromatic heterocycles. The lowest BCUT2D eigenvalue weighted by molar-refractivity contribution is 0.0690. The van der Waals surface area contributed by atoms with E-state index in [4.69, 9.17) is 32.5 Å². The van der Waals surface area contributed by atoms with Crippen LogP contribution in [0.4, 0.5) is 0 Å².